The average Bonchev–Trinajstić information content (AvgIpc) is 3.31. The van der Waals surface area contributed by atoms with Gasteiger partial charge in [-0.25, -0.2) is 14.2 Å². The Bertz CT molecular complexity index is 1310. The highest BCUT2D eigenvalue weighted by Gasteiger charge is 2.31. The SMILES string of the molecule is C=Cc1cc(Cn2ccnc2OC(=O)NC)cc2c1CCN(C(C)c1cc(OCC)c(F)cn1)C2=O. The van der Waals surface area contributed by atoms with E-state index in [0.29, 0.717) is 37.4 Å². The number of ether oxygens (including phenoxy) is 2. The van der Waals surface area contributed by atoms with Gasteiger partial charge in [0.05, 0.1) is 31.1 Å². The van der Waals surface area contributed by atoms with E-state index in [2.05, 4.69) is 21.9 Å². The topological polar surface area (TPSA) is 98.6 Å². The Balaban J connectivity index is 1.63. The van der Waals surface area contributed by atoms with Crippen LogP contribution in [0.2, 0.25) is 0 Å². The first kappa shape index (κ1) is 24.9. The molecule has 2 aromatic heterocycles. The van der Waals surface area contributed by atoms with Crippen molar-refractivity contribution in [2.75, 3.05) is 20.2 Å². The highest BCUT2D eigenvalue weighted by Crippen LogP contribution is 2.32. The van der Waals surface area contributed by atoms with E-state index in [0.717, 1.165) is 22.9 Å². The van der Waals surface area contributed by atoms with Gasteiger partial charge in [-0.2, -0.15) is 0 Å². The number of hydrogen-bond acceptors (Lipinski definition) is 6. The van der Waals surface area contributed by atoms with E-state index in [1.165, 1.54) is 13.2 Å². The molecular weight excluding hydrogens is 465 g/mol. The molecule has 4 rings (SSSR count). The summed E-state index contributed by atoms with van der Waals surface area (Å²) in [4.78, 5) is 35.3. The molecule has 1 unspecified atom stereocenters. The van der Waals surface area contributed by atoms with Crippen LogP contribution < -0.4 is 14.8 Å². The van der Waals surface area contributed by atoms with Crippen molar-refractivity contribution in [2.24, 2.45) is 0 Å². The van der Waals surface area contributed by atoms with E-state index in [1.54, 1.807) is 34.7 Å². The third-order valence-electron chi connectivity index (χ3n) is 6.11. The second kappa shape index (κ2) is 10.6. The van der Waals surface area contributed by atoms with Crippen LogP contribution in [0.1, 0.15) is 52.6 Å². The van der Waals surface area contributed by atoms with Gasteiger partial charge in [-0.1, -0.05) is 12.7 Å². The monoisotopic (exact) mass is 493 g/mol. The number of fused-ring (bicyclic) bond motifs is 1. The first-order valence-electron chi connectivity index (χ1n) is 11.6. The Hall–Kier alpha value is -4.21. The van der Waals surface area contributed by atoms with Crippen molar-refractivity contribution in [2.45, 2.75) is 32.9 Å². The molecular formula is C26H28FN5O4. The Kier molecular flexibility index (Phi) is 7.33. The number of benzene rings is 1. The smallest absolute Gasteiger partial charge is 0.414 e. The number of nitrogens with zero attached hydrogens (tertiary/aromatic N) is 4. The van der Waals surface area contributed by atoms with E-state index in [4.69, 9.17) is 9.47 Å². The first-order valence-corrected chi connectivity index (χ1v) is 11.6. The van der Waals surface area contributed by atoms with E-state index in [-0.39, 0.29) is 23.7 Å². The summed E-state index contributed by atoms with van der Waals surface area (Å²) < 4.78 is 26.3. The van der Waals surface area contributed by atoms with Crippen LogP contribution in [-0.2, 0) is 13.0 Å². The van der Waals surface area contributed by atoms with Gasteiger partial charge in [-0.3, -0.25) is 14.3 Å². The van der Waals surface area contributed by atoms with E-state index in [9.17, 15) is 14.0 Å². The Morgan fingerprint density at radius 2 is 2.14 bits per heavy atom. The maximum absolute atomic E-state index is 14.0. The summed E-state index contributed by atoms with van der Waals surface area (Å²) in [5.74, 6) is -0.571. The molecule has 1 atom stereocenters. The fourth-order valence-electron chi connectivity index (χ4n) is 4.30. The van der Waals surface area contributed by atoms with Gasteiger partial charge in [-0.15, -0.1) is 0 Å². The van der Waals surface area contributed by atoms with Crippen molar-refractivity contribution in [3.63, 3.8) is 0 Å². The highest BCUT2D eigenvalue weighted by atomic mass is 19.1. The molecule has 1 aliphatic heterocycles. The van der Waals surface area contributed by atoms with E-state index >= 15 is 0 Å². The van der Waals surface area contributed by atoms with E-state index in [1.807, 2.05) is 19.1 Å². The average molecular weight is 494 g/mol. The van der Waals surface area contributed by atoms with Gasteiger partial charge in [0.1, 0.15) is 0 Å². The Morgan fingerprint density at radius 1 is 1.33 bits per heavy atom. The molecule has 0 radical (unpaired) electrons. The van der Waals surface area contributed by atoms with Gasteiger partial charge >= 0.3 is 12.1 Å². The molecule has 0 saturated carbocycles. The highest BCUT2D eigenvalue weighted by molar-refractivity contribution is 5.98. The third-order valence-corrected chi connectivity index (χ3v) is 6.11. The quantitative estimate of drug-likeness (QED) is 0.510. The zero-order valence-electron chi connectivity index (χ0n) is 20.5. The van der Waals surface area contributed by atoms with Crippen LogP contribution in [0.25, 0.3) is 6.08 Å². The molecule has 0 bridgehead atoms. The molecule has 2 amide bonds. The molecule has 1 N–H and O–H groups in total. The van der Waals surface area contributed by atoms with Gasteiger partial charge in [0.2, 0.25) is 0 Å². The van der Waals surface area contributed by atoms with Crippen LogP contribution >= 0.6 is 0 Å². The van der Waals surface area contributed by atoms with Crippen LogP contribution in [0.15, 0.2) is 43.4 Å². The van der Waals surface area contributed by atoms with Gasteiger partial charge in [-0.05, 0) is 49.1 Å². The molecule has 1 aliphatic rings. The maximum atomic E-state index is 14.0. The van der Waals surface area contributed by atoms with E-state index < -0.39 is 11.9 Å². The number of nitrogens with one attached hydrogen (secondary N) is 1. The van der Waals surface area contributed by atoms with Crippen molar-refractivity contribution in [1.29, 1.82) is 0 Å². The molecule has 3 aromatic rings. The normalized spacial score (nSPS) is 13.7. The minimum absolute atomic E-state index is 0.116. The van der Waals surface area contributed by atoms with Crippen LogP contribution in [-0.4, -0.2) is 51.6 Å². The summed E-state index contributed by atoms with van der Waals surface area (Å²) in [7, 11) is 1.47. The molecule has 0 spiro atoms. The minimum atomic E-state index is -0.624. The Labute approximate surface area is 208 Å². The van der Waals surface area contributed by atoms with Crippen molar-refractivity contribution in [1.82, 2.24) is 24.8 Å². The second-order valence-electron chi connectivity index (χ2n) is 8.29. The van der Waals surface area contributed by atoms with Gasteiger partial charge in [0.15, 0.2) is 11.6 Å². The fourth-order valence-corrected chi connectivity index (χ4v) is 4.30. The molecule has 3 heterocycles. The van der Waals surface area contributed by atoms with Crippen LogP contribution in [0, 0.1) is 5.82 Å². The van der Waals surface area contributed by atoms with Crippen LogP contribution in [0.3, 0.4) is 0 Å². The van der Waals surface area contributed by atoms with Gasteiger partial charge in [0.25, 0.3) is 5.91 Å². The molecule has 10 heteroatoms. The van der Waals surface area contributed by atoms with Crippen molar-refractivity contribution in [3.05, 3.63) is 77.1 Å². The molecule has 36 heavy (non-hydrogen) atoms. The van der Waals surface area contributed by atoms with Crippen molar-refractivity contribution >= 4 is 18.1 Å². The summed E-state index contributed by atoms with van der Waals surface area (Å²) in [5, 5.41) is 2.39. The fraction of sp³-hybridized carbons (Fsp3) is 0.308. The summed E-state index contributed by atoms with van der Waals surface area (Å²) in [6, 6.07) is 5.11. The lowest BCUT2D eigenvalue weighted by Crippen LogP contribution is -2.40. The van der Waals surface area contributed by atoms with Gasteiger partial charge in [0, 0.05) is 37.6 Å². The summed E-state index contributed by atoms with van der Waals surface area (Å²) in [6.07, 6.45) is 6.10. The number of carbonyl (C=O) groups excluding carboxylic acids is 2. The van der Waals surface area contributed by atoms with Crippen molar-refractivity contribution in [3.8, 4) is 11.8 Å². The maximum Gasteiger partial charge on any atom is 0.414 e. The second-order valence-corrected chi connectivity index (χ2v) is 8.29. The zero-order valence-corrected chi connectivity index (χ0v) is 20.5. The molecule has 188 valence electrons. The number of imidazole rings is 1. The largest absolute Gasteiger partial charge is 0.491 e. The Morgan fingerprint density at radius 3 is 2.86 bits per heavy atom. The summed E-state index contributed by atoms with van der Waals surface area (Å²) in [5.41, 5.74) is 3.74. The standard InChI is InChI=1S/C26H28FN5O4/c1-5-18-11-17(15-31-10-8-29-25(31)36-26(34)28-4)12-20-19(18)7-9-32(24(20)33)16(3)22-13-23(35-6-2)21(27)14-30-22/h5,8,10-14,16H,1,6-7,9,15H2,2-4H3,(H,28,34). The third kappa shape index (κ3) is 4.93. The number of rotatable bonds is 8. The number of halogens is 1. The molecule has 0 saturated heterocycles. The van der Waals surface area contributed by atoms with Crippen LogP contribution in [0.4, 0.5) is 9.18 Å². The summed E-state index contributed by atoms with van der Waals surface area (Å²) in [6.45, 7) is 8.72. The number of hydrogen-bond donors (Lipinski definition) is 1. The van der Waals surface area contributed by atoms with Crippen LogP contribution in [0.5, 0.6) is 11.8 Å². The minimum Gasteiger partial charge on any atom is -0.491 e. The lowest BCUT2D eigenvalue weighted by atomic mass is 9.90. The molecule has 9 nitrogen and oxygen atoms in total. The van der Waals surface area contributed by atoms with Crippen molar-refractivity contribution < 1.29 is 23.5 Å². The molecule has 0 fully saturated rings. The molecule has 0 aliphatic carbocycles. The van der Waals surface area contributed by atoms with Gasteiger partial charge < -0.3 is 19.7 Å². The lowest BCUT2D eigenvalue weighted by Gasteiger charge is -2.34. The number of carbonyl (C=O) groups is 2. The predicted octanol–water partition coefficient (Wildman–Crippen LogP) is 3.98. The number of pyridine rings is 1. The number of aromatic nitrogens is 3. The first-order chi connectivity index (χ1) is 17.4. The summed E-state index contributed by atoms with van der Waals surface area (Å²) >= 11 is 0. The lowest BCUT2D eigenvalue weighted by molar-refractivity contribution is 0.0668. The number of amides is 2. The predicted molar refractivity (Wildman–Crippen MR) is 131 cm³/mol. The zero-order chi connectivity index (χ0) is 25.8. The molecule has 1 aromatic carbocycles.